The van der Waals surface area contributed by atoms with E-state index in [9.17, 15) is 13.2 Å². The smallest absolute Gasteiger partial charge is 0.245 e. The molecule has 0 aromatic heterocycles. The molecule has 0 N–H and O–H groups in total. The molecular formula is C6H5ClF3N. The Bertz CT molecular complexity index is 204. The van der Waals surface area contributed by atoms with Crippen molar-refractivity contribution >= 4 is 17.8 Å². The topological polar surface area (TPSA) is 12.4 Å². The third-order valence-electron chi connectivity index (χ3n) is 0.725. The van der Waals surface area contributed by atoms with Gasteiger partial charge in [-0.1, -0.05) is 24.8 Å². The molecule has 1 nitrogen and oxygen atoms in total. The first-order chi connectivity index (χ1) is 4.84. The van der Waals surface area contributed by atoms with E-state index in [2.05, 4.69) is 18.2 Å². The summed E-state index contributed by atoms with van der Waals surface area (Å²) in [6, 6.07) is 0. The zero-order valence-electron chi connectivity index (χ0n) is 5.45. The molecule has 0 saturated heterocycles. The Balaban J connectivity index is 4.20. The molecule has 0 bridgehead atoms. The lowest BCUT2D eigenvalue weighted by molar-refractivity contribution is -0.0852. The van der Waals surface area contributed by atoms with Crippen LogP contribution in [-0.4, -0.2) is 12.4 Å². The molecule has 0 radical (unpaired) electrons. The number of allylic oxidation sites excluding steroid dienone is 1. The first-order valence-electron chi connectivity index (χ1n) is 2.48. The van der Waals surface area contributed by atoms with Gasteiger partial charge >= 0.3 is 6.18 Å². The molecule has 0 aromatic carbocycles. The Labute approximate surface area is 66.9 Å². The molecular weight excluding hydrogens is 179 g/mol. The van der Waals surface area contributed by atoms with Gasteiger partial charge in [0.25, 0.3) is 0 Å². The minimum Gasteiger partial charge on any atom is -0.245 e. The van der Waals surface area contributed by atoms with E-state index in [-0.39, 0.29) is 5.16 Å². The highest BCUT2D eigenvalue weighted by Crippen LogP contribution is 2.22. The van der Waals surface area contributed by atoms with E-state index >= 15 is 0 Å². The van der Waals surface area contributed by atoms with E-state index in [0.717, 1.165) is 0 Å². The minimum absolute atomic E-state index is 0.213. The molecule has 11 heavy (non-hydrogen) atoms. The zero-order chi connectivity index (χ0) is 9.07. The minimum atomic E-state index is -4.45. The molecule has 0 spiro atoms. The maximum atomic E-state index is 11.6. The molecule has 0 saturated carbocycles. The van der Waals surface area contributed by atoms with Crippen LogP contribution in [-0.2, 0) is 0 Å². The number of rotatable bonds is 2. The van der Waals surface area contributed by atoms with Gasteiger partial charge in [-0.3, -0.25) is 0 Å². The molecule has 0 heterocycles. The fourth-order valence-electron chi connectivity index (χ4n) is 0.221. The summed E-state index contributed by atoms with van der Waals surface area (Å²) in [5, 5.41) is -0.213. The average molecular weight is 184 g/mol. The van der Waals surface area contributed by atoms with Gasteiger partial charge < -0.3 is 0 Å². The predicted molar refractivity (Wildman–Crippen MR) is 38.7 cm³/mol. The van der Waals surface area contributed by atoms with Gasteiger partial charge in [-0.25, -0.2) is 4.99 Å². The lowest BCUT2D eigenvalue weighted by Gasteiger charge is -2.02. The molecule has 0 unspecified atom stereocenters. The van der Waals surface area contributed by atoms with Crippen LogP contribution in [0, 0.1) is 0 Å². The third kappa shape index (κ3) is 4.61. The molecule has 0 fully saturated rings. The quantitative estimate of drug-likeness (QED) is 0.461. The molecule has 0 aromatic rings. The molecule has 5 heteroatoms. The van der Waals surface area contributed by atoms with Crippen molar-refractivity contribution in [2.75, 3.05) is 0 Å². The number of hydrogen-bond donors (Lipinski definition) is 0. The maximum Gasteiger partial charge on any atom is 0.417 e. The summed E-state index contributed by atoms with van der Waals surface area (Å²) in [5.74, 6) is 0. The van der Waals surface area contributed by atoms with Gasteiger partial charge in [0.1, 0.15) is 5.16 Å². The Morgan fingerprint density at radius 1 is 1.36 bits per heavy atom. The molecule has 0 rings (SSSR count). The molecule has 0 amide bonds. The fraction of sp³-hybridized carbons (Fsp3) is 0.167. The van der Waals surface area contributed by atoms with Gasteiger partial charge in [0.15, 0.2) is 0 Å². The molecule has 0 aliphatic carbocycles. The number of halogens is 4. The Kier molecular flexibility index (Phi) is 3.32. The fourth-order valence-corrected chi connectivity index (χ4v) is 0.270. The lowest BCUT2D eigenvalue weighted by atomic mass is 10.3. The number of nitrogens with zero attached hydrogens (tertiary/aromatic N) is 1. The standard InChI is InChI=1S/C6H5ClF3N/c1-4(6(8,9)10)3-11-5(2)7/h3H,1-2H2. The second-order valence-electron chi connectivity index (χ2n) is 1.66. The molecule has 0 aliphatic heterocycles. The Morgan fingerprint density at radius 2 is 1.82 bits per heavy atom. The van der Waals surface area contributed by atoms with Crippen LogP contribution in [0.15, 0.2) is 28.9 Å². The molecule has 62 valence electrons. The van der Waals surface area contributed by atoms with Crippen molar-refractivity contribution in [3.63, 3.8) is 0 Å². The average Bonchev–Trinajstić information content (AvgIpc) is 1.80. The van der Waals surface area contributed by atoms with Crippen LogP contribution in [0.2, 0.25) is 0 Å². The summed E-state index contributed by atoms with van der Waals surface area (Å²) in [6.45, 7) is 5.79. The van der Waals surface area contributed by atoms with Crippen LogP contribution in [0.1, 0.15) is 0 Å². The van der Waals surface area contributed by atoms with Crippen molar-refractivity contribution in [2.45, 2.75) is 6.18 Å². The summed E-state index contributed by atoms with van der Waals surface area (Å²) in [7, 11) is 0. The monoisotopic (exact) mass is 183 g/mol. The van der Waals surface area contributed by atoms with Crippen LogP contribution in [0.25, 0.3) is 0 Å². The van der Waals surface area contributed by atoms with E-state index in [1.807, 2.05) is 0 Å². The van der Waals surface area contributed by atoms with Crippen molar-refractivity contribution < 1.29 is 13.2 Å². The third-order valence-corrected chi connectivity index (χ3v) is 0.822. The Hall–Kier alpha value is -0.770. The second kappa shape index (κ2) is 3.57. The first kappa shape index (κ1) is 10.2. The van der Waals surface area contributed by atoms with Gasteiger partial charge in [-0.05, 0) is 0 Å². The Morgan fingerprint density at radius 3 is 2.09 bits per heavy atom. The van der Waals surface area contributed by atoms with Crippen LogP contribution >= 0.6 is 11.6 Å². The number of alkyl halides is 3. The molecule has 0 atom stereocenters. The van der Waals surface area contributed by atoms with Crippen molar-refractivity contribution in [1.82, 2.24) is 0 Å². The van der Waals surface area contributed by atoms with Gasteiger partial charge in [0, 0.05) is 6.21 Å². The van der Waals surface area contributed by atoms with Crippen molar-refractivity contribution in [3.05, 3.63) is 23.9 Å². The summed E-state index contributed by atoms with van der Waals surface area (Å²) in [6.07, 6.45) is -3.93. The maximum absolute atomic E-state index is 11.6. The summed E-state index contributed by atoms with van der Waals surface area (Å²) in [5.41, 5.74) is -1.06. The lowest BCUT2D eigenvalue weighted by Crippen LogP contribution is -2.11. The first-order valence-corrected chi connectivity index (χ1v) is 2.86. The van der Waals surface area contributed by atoms with Crippen LogP contribution in [0.5, 0.6) is 0 Å². The zero-order valence-corrected chi connectivity index (χ0v) is 6.21. The van der Waals surface area contributed by atoms with Gasteiger partial charge in [0.05, 0.1) is 5.57 Å². The van der Waals surface area contributed by atoms with Crippen molar-refractivity contribution in [3.8, 4) is 0 Å². The van der Waals surface area contributed by atoms with Crippen LogP contribution in [0.3, 0.4) is 0 Å². The van der Waals surface area contributed by atoms with Crippen molar-refractivity contribution in [2.24, 2.45) is 4.99 Å². The normalized spacial score (nSPS) is 12.0. The summed E-state index contributed by atoms with van der Waals surface area (Å²) < 4.78 is 34.9. The van der Waals surface area contributed by atoms with Gasteiger partial charge in [-0.2, -0.15) is 13.2 Å². The van der Waals surface area contributed by atoms with E-state index in [1.165, 1.54) is 0 Å². The highest BCUT2D eigenvalue weighted by Gasteiger charge is 2.30. The number of hydrogen-bond acceptors (Lipinski definition) is 1. The van der Waals surface area contributed by atoms with E-state index in [0.29, 0.717) is 6.21 Å². The van der Waals surface area contributed by atoms with E-state index in [4.69, 9.17) is 11.6 Å². The van der Waals surface area contributed by atoms with E-state index < -0.39 is 11.7 Å². The van der Waals surface area contributed by atoms with Crippen molar-refractivity contribution in [1.29, 1.82) is 0 Å². The largest absolute Gasteiger partial charge is 0.417 e. The van der Waals surface area contributed by atoms with Gasteiger partial charge in [-0.15, -0.1) is 0 Å². The SMILES string of the molecule is C=C(Cl)N=CC(=C)C(F)(F)F. The summed E-state index contributed by atoms with van der Waals surface area (Å²) in [4.78, 5) is 3.12. The molecule has 0 aliphatic rings. The van der Waals surface area contributed by atoms with Crippen LogP contribution < -0.4 is 0 Å². The second-order valence-corrected chi connectivity index (χ2v) is 2.09. The highest BCUT2D eigenvalue weighted by atomic mass is 35.5. The summed E-state index contributed by atoms with van der Waals surface area (Å²) >= 11 is 5.07. The predicted octanol–water partition coefficient (Wildman–Crippen LogP) is 2.89. The number of aliphatic imine (C=N–C) groups is 1. The van der Waals surface area contributed by atoms with E-state index in [1.54, 1.807) is 0 Å². The van der Waals surface area contributed by atoms with Gasteiger partial charge in [0.2, 0.25) is 0 Å². The van der Waals surface area contributed by atoms with Crippen LogP contribution in [0.4, 0.5) is 13.2 Å². The highest BCUT2D eigenvalue weighted by molar-refractivity contribution is 6.29.